The van der Waals surface area contributed by atoms with Crippen LogP contribution in [0.4, 0.5) is 4.39 Å². The van der Waals surface area contributed by atoms with Crippen molar-refractivity contribution < 1.29 is 9.13 Å². The van der Waals surface area contributed by atoms with E-state index in [4.69, 9.17) is 4.74 Å². The Bertz CT molecular complexity index is 565. The standard InChI is InChI=1S/C17H26FN3O.HI/c1-16(2)14(10-17(16,3)22-5)21-15(19-4)20-11-12-8-6-7-9-13(12)18;/h6-9,14H,10-11H2,1-5H3,(H2,19,20,21);1H. The van der Waals surface area contributed by atoms with Crippen LogP contribution in [0.15, 0.2) is 29.3 Å². The Morgan fingerprint density at radius 3 is 2.52 bits per heavy atom. The molecule has 6 heteroatoms. The van der Waals surface area contributed by atoms with Crippen LogP contribution in [0.3, 0.4) is 0 Å². The molecule has 1 aliphatic carbocycles. The fourth-order valence-electron chi connectivity index (χ4n) is 2.90. The molecule has 130 valence electrons. The van der Waals surface area contributed by atoms with Gasteiger partial charge in [-0.05, 0) is 19.4 Å². The van der Waals surface area contributed by atoms with E-state index in [9.17, 15) is 4.39 Å². The fourth-order valence-corrected chi connectivity index (χ4v) is 2.90. The summed E-state index contributed by atoms with van der Waals surface area (Å²) >= 11 is 0. The monoisotopic (exact) mass is 435 g/mol. The van der Waals surface area contributed by atoms with Crippen LogP contribution in [0.1, 0.15) is 32.8 Å². The molecule has 0 radical (unpaired) electrons. The number of guanidine groups is 1. The van der Waals surface area contributed by atoms with E-state index < -0.39 is 0 Å². The van der Waals surface area contributed by atoms with Crippen molar-refractivity contribution in [2.45, 2.75) is 45.4 Å². The molecule has 0 aromatic heterocycles. The molecule has 1 aliphatic rings. The summed E-state index contributed by atoms with van der Waals surface area (Å²) < 4.78 is 19.3. The van der Waals surface area contributed by atoms with Gasteiger partial charge in [0.2, 0.25) is 0 Å². The lowest BCUT2D eigenvalue weighted by Crippen LogP contribution is -2.69. The largest absolute Gasteiger partial charge is 0.378 e. The second-order valence-corrected chi connectivity index (χ2v) is 6.57. The summed E-state index contributed by atoms with van der Waals surface area (Å²) in [5, 5.41) is 6.58. The smallest absolute Gasteiger partial charge is 0.191 e. The molecule has 2 rings (SSSR count). The third-order valence-corrected chi connectivity index (χ3v) is 5.22. The van der Waals surface area contributed by atoms with Crippen molar-refractivity contribution in [3.05, 3.63) is 35.6 Å². The van der Waals surface area contributed by atoms with Crippen LogP contribution in [-0.2, 0) is 11.3 Å². The maximum atomic E-state index is 13.6. The van der Waals surface area contributed by atoms with Gasteiger partial charge in [-0.25, -0.2) is 4.39 Å². The Labute approximate surface area is 155 Å². The van der Waals surface area contributed by atoms with Gasteiger partial charge in [-0.1, -0.05) is 32.0 Å². The van der Waals surface area contributed by atoms with Crippen molar-refractivity contribution in [2.24, 2.45) is 10.4 Å². The molecule has 0 saturated heterocycles. The highest BCUT2D eigenvalue weighted by molar-refractivity contribution is 14.0. The second kappa shape index (κ2) is 7.79. The van der Waals surface area contributed by atoms with Crippen molar-refractivity contribution in [3.63, 3.8) is 0 Å². The van der Waals surface area contributed by atoms with Crippen molar-refractivity contribution in [1.82, 2.24) is 10.6 Å². The number of hydrogen-bond acceptors (Lipinski definition) is 2. The molecule has 1 aromatic rings. The van der Waals surface area contributed by atoms with Crippen LogP contribution in [0.5, 0.6) is 0 Å². The van der Waals surface area contributed by atoms with Crippen LogP contribution < -0.4 is 10.6 Å². The van der Waals surface area contributed by atoms with E-state index in [1.165, 1.54) is 6.07 Å². The zero-order valence-electron chi connectivity index (χ0n) is 14.4. The van der Waals surface area contributed by atoms with Gasteiger partial charge in [-0.3, -0.25) is 4.99 Å². The molecule has 23 heavy (non-hydrogen) atoms. The van der Waals surface area contributed by atoms with E-state index in [0.29, 0.717) is 18.1 Å². The first kappa shape index (κ1) is 20.2. The first-order valence-corrected chi connectivity index (χ1v) is 7.60. The maximum Gasteiger partial charge on any atom is 0.191 e. The molecular weight excluding hydrogens is 408 g/mol. The number of hydrogen-bond donors (Lipinski definition) is 2. The zero-order chi connectivity index (χ0) is 16.4. The normalized spacial score (nSPS) is 26.0. The molecule has 1 aromatic carbocycles. The third kappa shape index (κ3) is 3.96. The van der Waals surface area contributed by atoms with Gasteiger partial charge in [0.15, 0.2) is 5.96 Å². The highest BCUT2D eigenvalue weighted by atomic mass is 127. The molecule has 0 heterocycles. The van der Waals surface area contributed by atoms with Crippen LogP contribution in [0, 0.1) is 11.2 Å². The number of nitrogens with one attached hydrogen (secondary N) is 2. The molecule has 1 fully saturated rings. The summed E-state index contributed by atoms with van der Waals surface area (Å²) in [6.45, 7) is 6.89. The average molecular weight is 435 g/mol. The molecule has 0 spiro atoms. The van der Waals surface area contributed by atoms with E-state index in [0.717, 1.165) is 6.42 Å². The number of nitrogens with zero attached hydrogens (tertiary/aromatic N) is 1. The first-order valence-electron chi connectivity index (χ1n) is 7.60. The van der Waals surface area contributed by atoms with Gasteiger partial charge in [-0.15, -0.1) is 24.0 Å². The lowest BCUT2D eigenvalue weighted by molar-refractivity contribution is -0.176. The molecule has 4 nitrogen and oxygen atoms in total. The van der Waals surface area contributed by atoms with E-state index >= 15 is 0 Å². The quantitative estimate of drug-likeness (QED) is 0.434. The Hall–Kier alpha value is -0.890. The van der Waals surface area contributed by atoms with E-state index in [-0.39, 0.29) is 46.9 Å². The highest BCUT2D eigenvalue weighted by Gasteiger charge is 2.58. The topological polar surface area (TPSA) is 45.7 Å². The number of halogens is 2. The van der Waals surface area contributed by atoms with Crippen molar-refractivity contribution in [2.75, 3.05) is 14.2 Å². The summed E-state index contributed by atoms with van der Waals surface area (Å²) in [6.07, 6.45) is 0.914. The van der Waals surface area contributed by atoms with Crippen LogP contribution in [0.25, 0.3) is 0 Å². The molecule has 1 saturated carbocycles. The predicted molar refractivity (Wildman–Crippen MR) is 103 cm³/mol. The summed E-state index contributed by atoms with van der Waals surface area (Å²) in [4.78, 5) is 4.22. The molecule has 2 atom stereocenters. The van der Waals surface area contributed by atoms with Gasteiger partial charge in [0.1, 0.15) is 5.82 Å². The maximum absolute atomic E-state index is 13.6. The van der Waals surface area contributed by atoms with Crippen molar-refractivity contribution in [3.8, 4) is 0 Å². The Balaban J connectivity index is 0.00000264. The van der Waals surface area contributed by atoms with Crippen molar-refractivity contribution in [1.29, 1.82) is 0 Å². The minimum Gasteiger partial charge on any atom is -0.378 e. The molecule has 0 bridgehead atoms. The number of aliphatic imine (C=N–C) groups is 1. The van der Waals surface area contributed by atoms with Gasteiger partial charge in [0, 0.05) is 37.7 Å². The summed E-state index contributed by atoms with van der Waals surface area (Å²) in [6, 6.07) is 7.02. The number of benzene rings is 1. The Morgan fingerprint density at radius 1 is 1.35 bits per heavy atom. The number of rotatable bonds is 4. The third-order valence-electron chi connectivity index (χ3n) is 5.22. The Kier molecular flexibility index (Phi) is 6.82. The number of ether oxygens (including phenoxy) is 1. The minimum absolute atomic E-state index is 0. The lowest BCUT2D eigenvalue weighted by atomic mass is 9.56. The van der Waals surface area contributed by atoms with Gasteiger partial charge >= 0.3 is 0 Å². The summed E-state index contributed by atoms with van der Waals surface area (Å²) in [5.41, 5.74) is 0.493. The summed E-state index contributed by atoms with van der Waals surface area (Å²) in [7, 11) is 3.47. The van der Waals surface area contributed by atoms with Crippen LogP contribution in [0.2, 0.25) is 0 Å². The Morgan fingerprint density at radius 2 is 2.00 bits per heavy atom. The summed E-state index contributed by atoms with van der Waals surface area (Å²) in [5.74, 6) is 0.473. The second-order valence-electron chi connectivity index (χ2n) is 6.57. The van der Waals surface area contributed by atoms with Crippen LogP contribution in [-0.4, -0.2) is 31.8 Å². The lowest BCUT2D eigenvalue weighted by Gasteiger charge is -2.59. The van der Waals surface area contributed by atoms with Gasteiger partial charge in [-0.2, -0.15) is 0 Å². The molecule has 2 N–H and O–H groups in total. The minimum atomic E-state index is -0.207. The first-order chi connectivity index (χ1) is 10.3. The van der Waals surface area contributed by atoms with Gasteiger partial charge in [0.25, 0.3) is 0 Å². The van der Waals surface area contributed by atoms with Crippen LogP contribution >= 0.6 is 24.0 Å². The zero-order valence-corrected chi connectivity index (χ0v) is 16.8. The molecule has 0 amide bonds. The molecule has 0 aliphatic heterocycles. The van der Waals surface area contributed by atoms with Gasteiger partial charge in [0.05, 0.1) is 5.60 Å². The van der Waals surface area contributed by atoms with E-state index in [2.05, 4.69) is 36.4 Å². The average Bonchev–Trinajstić information content (AvgIpc) is 2.51. The van der Waals surface area contributed by atoms with E-state index in [1.807, 2.05) is 6.07 Å². The van der Waals surface area contributed by atoms with E-state index in [1.54, 1.807) is 26.3 Å². The van der Waals surface area contributed by atoms with Gasteiger partial charge < -0.3 is 15.4 Å². The number of methoxy groups -OCH3 is 1. The molecule has 2 unspecified atom stereocenters. The van der Waals surface area contributed by atoms with Crippen molar-refractivity contribution >= 4 is 29.9 Å². The SMILES string of the molecule is CN=C(NCc1ccccc1F)NC1CC(C)(OC)C1(C)C.I. The highest BCUT2D eigenvalue weighted by Crippen LogP contribution is 2.51. The predicted octanol–water partition coefficient (Wildman–Crippen LogP) is 3.31. The fraction of sp³-hybridized carbons (Fsp3) is 0.588. The molecular formula is C17H27FIN3O.